The SMILES string of the molecule is N#Cc1cnn2c(C3CCCCC3)c(-c3ccc(I)cc3)cnc12. The zero-order valence-electron chi connectivity index (χ0n) is 13.2. The molecule has 5 heteroatoms. The highest BCUT2D eigenvalue weighted by Gasteiger charge is 2.24. The van der Waals surface area contributed by atoms with Crippen molar-refractivity contribution in [1.29, 1.82) is 5.26 Å². The van der Waals surface area contributed by atoms with E-state index in [1.54, 1.807) is 6.20 Å². The van der Waals surface area contributed by atoms with Crippen LogP contribution in [-0.2, 0) is 0 Å². The molecule has 1 saturated carbocycles. The number of nitriles is 1. The van der Waals surface area contributed by atoms with Crippen molar-refractivity contribution in [3.63, 3.8) is 0 Å². The largest absolute Gasteiger partial charge is 0.235 e. The van der Waals surface area contributed by atoms with E-state index in [-0.39, 0.29) is 0 Å². The van der Waals surface area contributed by atoms with E-state index in [0.717, 1.165) is 5.56 Å². The predicted octanol–water partition coefficient (Wildman–Crippen LogP) is 4.92. The molecular weight excluding hydrogens is 411 g/mol. The molecule has 3 aromatic rings. The van der Waals surface area contributed by atoms with Gasteiger partial charge in [-0.2, -0.15) is 10.4 Å². The van der Waals surface area contributed by atoms with Crippen LogP contribution in [0.4, 0.5) is 0 Å². The van der Waals surface area contributed by atoms with Crippen LogP contribution in [0.2, 0.25) is 0 Å². The van der Waals surface area contributed by atoms with Gasteiger partial charge in [0.2, 0.25) is 0 Å². The monoisotopic (exact) mass is 428 g/mol. The Bertz CT molecular complexity index is 915. The molecule has 2 heterocycles. The maximum atomic E-state index is 9.30. The zero-order valence-corrected chi connectivity index (χ0v) is 15.4. The van der Waals surface area contributed by atoms with Gasteiger partial charge >= 0.3 is 0 Å². The number of rotatable bonds is 2. The molecule has 1 fully saturated rings. The molecule has 0 bridgehead atoms. The van der Waals surface area contributed by atoms with Crippen LogP contribution in [0.5, 0.6) is 0 Å². The molecule has 120 valence electrons. The van der Waals surface area contributed by atoms with Gasteiger partial charge in [0.25, 0.3) is 0 Å². The van der Waals surface area contributed by atoms with Crippen LogP contribution < -0.4 is 0 Å². The first kappa shape index (κ1) is 15.6. The van der Waals surface area contributed by atoms with Crippen molar-refractivity contribution in [1.82, 2.24) is 14.6 Å². The van der Waals surface area contributed by atoms with Gasteiger partial charge in [-0.3, -0.25) is 0 Å². The summed E-state index contributed by atoms with van der Waals surface area (Å²) in [7, 11) is 0. The van der Waals surface area contributed by atoms with Gasteiger partial charge in [0.05, 0.1) is 11.9 Å². The lowest BCUT2D eigenvalue weighted by Gasteiger charge is -2.24. The van der Waals surface area contributed by atoms with Crippen molar-refractivity contribution in [2.75, 3.05) is 0 Å². The Hall–Kier alpha value is -1.94. The number of halogens is 1. The van der Waals surface area contributed by atoms with Gasteiger partial charge in [-0.15, -0.1) is 0 Å². The van der Waals surface area contributed by atoms with Gasteiger partial charge in [0, 0.05) is 21.2 Å². The third kappa shape index (κ3) is 2.69. The highest BCUT2D eigenvalue weighted by molar-refractivity contribution is 14.1. The van der Waals surface area contributed by atoms with Crippen LogP contribution in [0.25, 0.3) is 16.8 Å². The minimum atomic E-state index is 0.477. The summed E-state index contributed by atoms with van der Waals surface area (Å²) in [6.45, 7) is 0. The number of hydrogen-bond donors (Lipinski definition) is 0. The van der Waals surface area contributed by atoms with Gasteiger partial charge in [0.1, 0.15) is 11.6 Å². The van der Waals surface area contributed by atoms with Gasteiger partial charge in [0.15, 0.2) is 5.65 Å². The van der Waals surface area contributed by atoms with E-state index in [1.807, 2.05) is 10.7 Å². The van der Waals surface area contributed by atoms with Gasteiger partial charge in [-0.25, -0.2) is 9.50 Å². The molecule has 1 aromatic carbocycles. The summed E-state index contributed by atoms with van der Waals surface area (Å²) in [6.07, 6.45) is 9.74. The summed E-state index contributed by atoms with van der Waals surface area (Å²) in [5.74, 6) is 0.477. The summed E-state index contributed by atoms with van der Waals surface area (Å²) in [4.78, 5) is 4.54. The van der Waals surface area contributed by atoms with Crippen LogP contribution >= 0.6 is 22.6 Å². The first-order valence-corrected chi connectivity index (χ1v) is 9.38. The second-order valence-electron chi connectivity index (χ2n) is 6.30. The molecule has 0 unspecified atom stereocenters. The zero-order chi connectivity index (χ0) is 16.5. The van der Waals surface area contributed by atoms with E-state index in [9.17, 15) is 5.26 Å². The van der Waals surface area contributed by atoms with E-state index in [1.165, 1.54) is 46.9 Å². The van der Waals surface area contributed by atoms with Crippen molar-refractivity contribution in [2.45, 2.75) is 38.0 Å². The van der Waals surface area contributed by atoms with Crippen molar-refractivity contribution >= 4 is 28.2 Å². The maximum absolute atomic E-state index is 9.30. The molecule has 24 heavy (non-hydrogen) atoms. The fraction of sp³-hybridized carbons (Fsp3) is 0.316. The second kappa shape index (κ2) is 6.52. The standard InChI is InChI=1S/C19H17IN4/c20-16-8-6-13(7-9-16)17-12-22-19-15(10-21)11-23-24(19)18(17)14-4-2-1-3-5-14/h6-9,11-12,14H,1-5H2. The fourth-order valence-electron chi connectivity index (χ4n) is 3.65. The summed E-state index contributed by atoms with van der Waals surface area (Å²) in [5, 5.41) is 13.8. The quantitative estimate of drug-likeness (QED) is 0.545. The van der Waals surface area contributed by atoms with Crippen molar-refractivity contribution < 1.29 is 0 Å². The molecule has 0 saturated heterocycles. The molecule has 0 radical (unpaired) electrons. The minimum absolute atomic E-state index is 0.477. The summed E-state index contributed by atoms with van der Waals surface area (Å²) in [6, 6.07) is 10.7. The predicted molar refractivity (Wildman–Crippen MR) is 102 cm³/mol. The Kier molecular flexibility index (Phi) is 4.23. The van der Waals surface area contributed by atoms with Gasteiger partial charge < -0.3 is 0 Å². The van der Waals surface area contributed by atoms with Gasteiger partial charge in [-0.1, -0.05) is 31.4 Å². The molecule has 2 aromatic heterocycles. The normalized spacial score (nSPS) is 15.5. The van der Waals surface area contributed by atoms with E-state index >= 15 is 0 Å². The topological polar surface area (TPSA) is 54.0 Å². The van der Waals surface area contributed by atoms with Crippen LogP contribution in [0.3, 0.4) is 0 Å². The molecule has 0 atom stereocenters. The minimum Gasteiger partial charge on any atom is -0.235 e. The lowest BCUT2D eigenvalue weighted by molar-refractivity contribution is 0.431. The number of hydrogen-bond acceptors (Lipinski definition) is 3. The Morgan fingerprint density at radius 1 is 1.08 bits per heavy atom. The smallest absolute Gasteiger partial charge is 0.173 e. The first-order chi connectivity index (χ1) is 11.8. The number of benzene rings is 1. The molecule has 0 amide bonds. The molecule has 4 rings (SSSR count). The Morgan fingerprint density at radius 2 is 1.83 bits per heavy atom. The summed E-state index contributed by atoms with van der Waals surface area (Å²) < 4.78 is 3.12. The lowest BCUT2D eigenvalue weighted by atomic mass is 9.84. The van der Waals surface area contributed by atoms with Crippen LogP contribution in [0.15, 0.2) is 36.7 Å². The molecule has 1 aliphatic carbocycles. The average molecular weight is 428 g/mol. The molecule has 1 aliphatic rings. The lowest BCUT2D eigenvalue weighted by Crippen LogP contribution is -2.12. The highest BCUT2D eigenvalue weighted by atomic mass is 127. The number of aromatic nitrogens is 3. The Morgan fingerprint density at radius 3 is 2.54 bits per heavy atom. The van der Waals surface area contributed by atoms with Crippen LogP contribution in [0.1, 0.15) is 49.3 Å². The Labute approximate surface area is 154 Å². The van der Waals surface area contributed by atoms with Crippen molar-refractivity contribution in [3.05, 3.63) is 51.5 Å². The van der Waals surface area contributed by atoms with Crippen molar-refractivity contribution in [2.24, 2.45) is 0 Å². The second-order valence-corrected chi connectivity index (χ2v) is 7.55. The van der Waals surface area contributed by atoms with E-state index in [0.29, 0.717) is 17.1 Å². The van der Waals surface area contributed by atoms with Crippen molar-refractivity contribution in [3.8, 4) is 17.2 Å². The molecule has 0 spiro atoms. The number of fused-ring (bicyclic) bond motifs is 1. The number of nitrogens with zero attached hydrogens (tertiary/aromatic N) is 4. The van der Waals surface area contributed by atoms with Gasteiger partial charge in [-0.05, 0) is 53.1 Å². The summed E-state index contributed by atoms with van der Waals surface area (Å²) in [5.41, 5.74) is 4.73. The Balaban J connectivity index is 1.95. The average Bonchev–Trinajstić information content (AvgIpc) is 3.05. The molecular formula is C19H17IN4. The van der Waals surface area contributed by atoms with E-state index in [2.05, 4.69) is 63.0 Å². The van der Waals surface area contributed by atoms with E-state index in [4.69, 9.17) is 0 Å². The van der Waals surface area contributed by atoms with Crippen LogP contribution in [0, 0.1) is 14.9 Å². The first-order valence-electron chi connectivity index (χ1n) is 8.30. The third-order valence-corrected chi connectivity index (χ3v) is 5.55. The van der Waals surface area contributed by atoms with Crippen LogP contribution in [-0.4, -0.2) is 14.6 Å². The highest BCUT2D eigenvalue weighted by Crippen LogP contribution is 2.38. The molecule has 0 N–H and O–H groups in total. The third-order valence-electron chi connectivity index (χ3n) is 4.83. The maximum Gasteiger partial charge on any atom is 0.173 e. The molecule has 4 nitrogen and oxygen atoms in total. The fourth-order valence-corrected chi connectivity index (χ4v) is 4.01. The molecule has 0 aliphatic heterocycles. The summed E-state index contributed by atoms with van der Waals surface area (Å²) >= 11 is 2.32. The van der Waals surface area contributed by atoms with E-state index < -0.39 is 0 Å².